The molecular formula is C20H20ClN3O4S2. The van der Waals surface area contributed by atoms with E-state index in [9.17, 15) is 13.2 Å². The second kappa shape index (κ2) is 8.97. The third kappa shape index (κ3) is 4.80. The molecule has 0 saturated carbocycles. The number of hydrogen-bond donors (Lipinski definition) is 1. The van der Waals surface area contributed by atoms with E-state index in [-0.39, 0.29) is 16.6 Å². The molecule has 2 heterocycles. The number of benzene rings is 2. The van der Waals surface area contributed by atoms with E-state index in [0.29, 0.717) is 40.1 Å². The molecule has 0 aliphatic carbocycles. The van der Waals surface area contributed by atoms with Gasteiger partial charge in [0.1, 0.15) is 5.52 Å². The molecule has 0 bridgehead atoms. The Labute approximate surface area is 183 Å². The topological polar surface area (TPSA) is 92.5 Å². The van der Waals surface area contributed by atoms with Gasteiger partial charge in [0.05, 0.1) is 10.6 Å². The number of thioether (sulfide) groups is 1. The molecule has 30 heavy (non-hydrogen) atoms. The Kier molecular flexibility index (Phi) is 6.33. The highest BCUT2D eigenvalue weighted by Gasteiger charge is 2.25. The monoisotopic (exact) mass is 465 g/mol. The van der Waals surface area contributed by atoms with E-state index in [2.05, 4.69) is 10.3 Å². The second-order valence-electron chi connectivity index (χ2n) is 6.92. The first-order valence-corrected chi connectivity index (χ1v) is 12.3. The first-order valence-electron chi connectivity index (χ1n) is 9.51. The Morgan fingerprint density at radius 3 is 2.60 bits per heavy atom. The molecule has 0 spiro atoms. The van der Waals surface area contributed by atoms with E-state index in [1.165, 1.54) is 28.2 Å². The zero-order valence-electron chi connectivity index (χ0n) is 16.0. The fraction of sp³-hybridized carbons (Fsp3) is 0.300. The van der Waals surface area contributed by atoms with Crippen LogP contribution in [0.4, 0.5) is 5.69 Å². The maximum atomic E-state index is 12.7. The summed E-state index contributed by atoms with van der Waals surface area (Å²) in [4.78, 5) is 16.8. The number of fused-ring (bicyclic) bond motifs is 1. The Morgan fingerprint density at radius 2 is 1.87 bits per heavy atom. The van der Waals surface area contributed by atoms with Crippen LogP contribution in [0, 0.1) is 0 Å². The van der Waals surface area contributed by atoms with Gasteiger partial charge in [-0.2, -0.15) is 4.31 Å². The van der Waals surface area contributed by atoms with Crippen molar-refractivity contribution < 1.29 is 17.6 Å². The number of sulfonamides is 1. The van der Waals surface area contributed by atoms with Crippen LogP contribution in [0.15, 0.2) is 57.0 Å². The van der Waals surface area contributed by atoms with Crippen LogP contribution >= 0.6 is 23.4 Å². The van der Waals surface area contributed by atoms with Crippen molar-refractivity contribution in [3.8, 4) is 0 Å². The maximum absolute atomic E-state index is 12.7. The Bertz CT molecular complexity index is 1160. The highest BCUT2D eigenvalue weighted by molar-refractivity contribution is 7.99. The molecule has 0 unspecified atom stereocenters. The van der Waals surface area contributed by atoms with E-state index >= 15 is 0 Å². The van der Waals surface area contributed by atoms with Crippen molar-refractivity contribution in [2.24, 2.45) is 0 Å². The number of rotatable bonds is 6. The lowest BCUT2D eigenvalue weighted by atomic mass is 10.2. The van der Waals surface area contributed by atoms with Crippen molar-refractivity contribution in [1.82, 2.24) is 9.29 Å². The summed E-state index contributed by atoms with van der Waals surface area (Å²) in [6.45, 7) is 1.11. The highest BCUT2D eigenvalue weighted by Crippen LogP contribution is 2.26. The van der Waals surface area contributed by atoms with Crippen molar-refractivity contribution >= 4 is 56.1 Å². The summed E-state index contributed by atoms with van der Waals surface area (Å²) < 4.78 is 32.5. The average molecular weight is 466 g/mol. The molecular weight excluding hydrogens is 446 g/mol. The first kappa shape index (κ1) is 21.2. The molecule has 2 aromatic carbocycles. The lowest BCUT2D eigenvalue weighted by Crippen LogP contribution is -2.35. The van der Waals surface area contributed by atoms with Crippen LogP contribution in [0.2, 0.25) is 5.02 Å². The summed E-state index contributed by atoms with van der Waals surface area (Å²) in [7, 11) is -3.48. The van der Waals surface area contributed by atoms with Crippen LogP contribution in [0.25, 0.3) is 11.1 Å². The van der Waals surface area contributed by atoms with Crippen molar-refractivity contribution in [2.45, 2.75) is 29.4 Å². The van der Waals surface area contributed by atoms with Crippen LogP contribution < -0.4 is 5.32 Å². The number of carbonyl (C=O) groups excluding carboxylic acids is 1. The molecule has 1 N–H and O–H groups in total. The maximum Gasteiger partial charge on any atom is 0.257 e. The van der Waals surface area contributed by atoms with Crippen molar-refractivity contribution in [3.63, 3.8) is 0 Å². The van der Waals surface area contributed by atoms with Gasteiger partial charge >= 0.3 is 0 Å². The summed E-state index contributed by atoms with van der Waals surface area (Å²) in [5.74, 6) is -0.138. The number of oxazole rings is 1. The lowest BCUT2D eigenvalue weighted by molar-refractivity contribution is -0.113. The SMILES string of the molecule is O=C(CSc1nc2cc(Cl)ccc2o1)Nc1ccc(S(=O)(=O)N2CCCCC2)cc1. The van der Waals surface area contributed by atoms with Gasteiger partial charge in [-0.1, -0.05) is 29.8 Å². The predicted molar refractivity (Wildman–Crippen MR) is 117 cm³/mol. The minimum absolute atomic E-state index is 0.106. The molecule has 3 aromatic rings. The molecule has 10 heteroatoms. The van der Waals surface area contributed by atoms with Crippen LogP contribution in [-0.2, 0) is 14.8 Å². The zero-order chi connectivity index (χ0) is 21.1. The van der Waals surface area contributed by atoms with Gasteiger partial charge in [0.25, 0.3) is 5.22 Å². The zero-order valence-corrected chi connectivity index (χ0v) is 18.4. The second-order valence-corrected chi connectivity index (χ2v) is 10.2. The Balaban J connectivity index is 1.35. The number of anilines is 1. The van der Waals surface area contributed by atoms with Gasteiger partial charge in [-0.15, -0.1) is 0 Å². The summed E-state index contributed by atoms with van der Waals surface area (Å²) in [5, 5.41) is 3.70. The van der Waals surface area contributed by atoms with E-state index in [1.54, 1.807) is 30.3 Å². The highest BCUT2D eigenvalue weighted by atomic mass is 35.5. The molecule has 7 nitrogen and oxygen atoms in total. The van der Waals surface area contributed by atoms with Crippen LogP contribution in [-0.4, -0.2) is 42.5 Å². The molecule has 1 aromatic heterocycles. The van der Waals surface area contributed by atoms with Crippen molar-refractivity contribution in [1.29, 1.82) is 0 Å². The summed E-state index contributed by atoms with van der Waals surface area (Å²) in [6, 6.07) is 11.4. The number of aromatic nitrogens is 1. The largest absolute Gasteiger partial charge is 0.431 e. The Hall–Kier alpha value is -2.07. The molecule has 4 rings (SSSR count). The van der Waals surface area contributed by atoms with Crippen LogP contribution in [0.1, 0.15) is 19.3 Å². The molecule has 0 atom stereocenters. The molecule has 1 aliphatic rings. The Morgan fingerprint density at radius 1 is 1.13 bits per heavy atom. The molecule has 1 amide bonds. The van der Waals surface area contributed by atoms with Gasteiger partial charge in [-0.25, -0.2) is 13.4 Å². The summed E-state index contributed by atoms with van der Waals surface area (Å²) in [6.07, 6.45) is 2.84. The van der Waals surface area contributed by atoms with Gasteiger partial charge in [-0.05, 0) is 55.3 Å². The van der Waals surface area contributed by atoms with E-state index in [1.807, 2.05) is 0 Å². The number of nitrogens with one attached hydrogen (secondary N) is 1. The van der Waals surface area contributed by atoms with Gasteiger partial charge < -0.3 is 9.73 Å². The number of carbonyl (C=O) groups is 1. The van der Waals surface area contributed by atoms with Crippen molar-refractivity contribution in [2.75, 3.05) is 24.2 Å². The minimum Gasteiger partial charge on any atom is -0.431 e. The quantitative estimate of drug-likeness (QED) is 0.543. The third-order valence-corrected chi connectivity index (χ3v) is 7.72. The molecule has 1 fully saturated rings. The summed E-state index contributed by atoms with van der Waals surface area (Å²) in [5.41, 5.74) is 1.77. The van der Waals surface area contributed by atoms with Crippen LogP contribution in [0.3, 0.4) is 0 Å². The molecule has 0 radical (unpaired) electrons. The van der Waals surface area contributed by atoms with Gasteiger partial charge in [0.2, 0.25) is 15.9 Å². The minimum atomic E-state index is -3.48. The van der Waals surface area contributed by atoms with E-state index in [0.717, 1.165) is 19.3 Å². The average Bonchev–Trinajstić information content (AvgIpc) is 3.15. The molecule has 1 aliphatic heterocycles. The molecule has 1 saturated heterocycles. The van der Waals surface area contributed by atoms with Gasteiger partial charge in [0, 0.05) is 23.8 Å². The van der Waals surface area contributed by atoms with Gasteiger partial charge in [0.15, 0.2) is 5.58 Å². The number of piperidine rings is 1. The van der Waals surface area contributed by atoms with Crippen molar-refractivity contribution in [3.05, 3.63) is 47.5 Å². The summed E-state index contributed by atoms with van der Waals surface area (Å²) >= 11 is 7.11. The smallest absolute Gasteiger partial charge is 0.257 e. The van der Waals surface area contributed by atoms with Gasteiger partial charge in [-0.3, -0.25) is 4.79 Å². The molecule has 158 valence electrons. The fourth-order valence-electron chi connectivity index (χ4n) is 3.23. The normalized spacial score (nSPS) is 15.4. The number of hydrogen-bond acceptors (Lipinski definition) is 6. The predicted octanol–water partition coefficient (Wildman–Crippen LogP) is 4.39. The third-order valence-electron chi connectivity index (χ3n) is 4.75. The fourth-order valence-corrected chi connectivity index (χ4v) is 5.55. The lowest BCUT2D eigenvalue weighted by Gasteiger charge is -2.25. The standard InChI is InChI=1S/C20H20ClN3O4S2/c21-14-4-9-18-17(12-14)23-20(28-18)29-13-19(25)22-15-5-7-16(8-6-15)30(26,27)24-10-2-1-3-11-24/h4-9,12H,1-3,10-11,13H2,(H,22,25). The number of halogens is 1. The first-order chi connectivity index (χ1) is 14.4. The van der Waals surface area contributed by atoms with E-state index in [4.69, 9.17) is 16.0 Å². The van der Waals surface area contributed by atoms with E-state index < -0.39 is 10.0 Å². The number of amides is 1. The van der Waals surface area contributed by atoms with Crippen LogP contribution in [0.5, 0.6) is 0 Å². The number of nitrogens with zero attached hydrogens (tertiary/aromatic N) is 2.